The number of rotatable bonds is 7. The van der Waals surface area contributed by atoms with Gasteiger partial charge in [-0.3, -0.25) is 9.59 Å². The maximum atomic E-state index is 12.2. The second-order valence-corrected chi connectivity index (χ2v) is 7.94. The Labute approximate surface area is 165 Å². The van der Waals surface area contributed by atoms with Gasteiger partial charge in [-0.05, 0) is 24.6 Å². The van der Waals surface area contributed by atoms with Gasteiger partial charge >= 0.3 is 0 Å². The molecule has 1 aromatic heterocycles. The molecule has 2 aromatic carbocycles. The van der Waals surface area contributed by atoms with Crippen LogP contribution < -0.4 is 10.6 Å². The van der Waals surface area contributed by atoms with Crippen LogP contribution in [-0.4, -0.2) is 27.8 Å². The van der Waals surface area contributed by atoms with Gasteiger partial charge in [-0.25, -0.2) is 0 Å². The third-order valence-corrected chi connectivity index (χ3v) is 5.62. The standard InChI is InChI=1S/C19H18N4O2S2/c1-13-7-9-15(10-8-13)21-17(25)18-22-23-19(27-18)26-12-16(24)20-11-14-5-3-2-4-6-14/h2-10H,11-12H2,1H3,(H,20,24)(H,21,25). The van der Waals surface area contributed by atoms with E-state index in [0.717, 1.165) is 11.1 Å². The molecule has 0 unspecified atom stereocenters. The Balaban J connectivity index is 1.46. The Bertz CT molecular complexity index is 911. The lowest BCUT2D eigenvalue weighted by Crippen LogP contribution is -2.24. The number of carbonyl (C=O) groups excluding carboxylic acids is 2. The van der Waals surface area contributed by atoms with Crippen molar-refractivity contribution in [3.8, 4) is 0 Å². The summed E-state index contributed by atoms with van der Waals surface area (Å²) in [4.78, 5) is 24.2. The van der Waals surface area contributed by atoms with E-state index in [9.17, 15) is 9.59 Å². The van der Waals surface area contributed by atoms with Crippen molar-refractivity contribution in [3.05, 3.63) is 70.7 Å². The Morgan fingerprint density at radius 2 is 1.78 bits per heavy atom. The maximum absolute atomic E-state index is 12.2. The van der Waals surface area contributed by atoms with E-state index in [1.165, 1.54) is 23.1 Å². The maximum Gasteiger partial charge on any atom is 0.286 e. The van der Waals surface area contributed by atoms with E-state index >= 15 is 0 Å². The number of aryl methyl sites for hydroxylation is 1. The third-order valence-electron chi connectivity index (χ3n) is 3.57. The molecule has 8 heteroatoms. The number of anilines is 1. The van der Waals surface area contributed by atoms with Gasteiger partial charge in [0.1, 0.15) is 0 Å². The van der Waals surface area contributed by atoms with Gasteiger partial charge in [-0.2, -0.15) is 0 Å². The molecule has 0 fully saturated rings. The molecule has 2 N–H and O–H groups in total. The van der Waals surface area contributed by atoms with Crippen LogP contribution in [0.15, 0.2) is 58.9 Å². The number of hydrogen-bond donors (Lipinski definition) is 2. The van der Waals surface area contributed by atoms with Gasteiger partial charge in [-0.15, -0.1) is 10.2 Å². The Kier molecular flexibility index (Phi) is 6.56. The van der Waals surface area contributed by atoms with Crippen LogP contribution in [-0.2, 0) is 11.3 Å². The molecular formula is C19H18N4O2S2. The monoisotopic (exact) mass is 398 g/mol. The van der Waals surface area contributed by atoms with Gasteiger partial charge in [0.05, 0.1) is 5.75 Å². The lowest BCUT2D eigenvalue weighted by Gasteiger charge is -2.04. The molecule has 0 aliphatic rings. The molecule has 0 atom stereocenters. The molecule has 0 saturated carbocycles. The first-order valence-electron chi connectivity index (χ1n) is 8.25. The fourth-order valence-corrected chi connectivity index (χ4v) is 3.73. The van der Waals surface area contributed by atoms with Crippen LogP contribution in [0, 0.1) is 6.92 Å². The van der Waals surface area contributed by atoms with Crippen molar-refractivity contribution in [1.82, 2.24) is 15.5 Å². The fraction of sp³-hybridized carbons (Fsp3) is 0.158. The lowest BCUT2D eigenvalue weighted by atomic mass is 10.2. The minimum atomic E-state index is -0.309. The van der Waals surface area contributed by atoms with Crippen molar-refractivity contribution in [2.24, 2.45) is 0 Å². The first-order chi connectivity index (χ1) is 13.1. The summed E-state index contributed by atoms with van der Waals surface area (Å²) in [6, 6.07) is 17.2. The average Bonchev–Trinajstić information content (AvgIpc) is 3.16. The van der Waals surface area contributed by atoms with Crippen molar-refractivity contribution >= 4 is 40.6 Å². The first kappa shape index (κ1) is 19.1. The van der Waals surface area contributed by atoms with E-state index in [2.05, 4.69) is 20.8 Å². The van der Waals surface area contributed by atoms with E-state index in [-0.39, 0.29) is 22.6 Å². The topological polar surface area (TPSA) is 84.0 Å². The molecule has 0 aliphatic heterocycles. The summed E-state index contributed by atoms with van der Waals surface area (Å²) in [6.07, 6.45) is 0. The molecule has 0 aliphatic carbocycles. The molecule has 138 valence electrons. The second-order valence-electron chi connectivity index (χ2n) is 5.74. The molecule has 3 aromatic rings. The Hall–Kier alpha value is -2.71. The highest BCUT2D eigenvalue weighted by atomic mass is 32.2. The van der Waals surface area contributed by atoms with Gasteiger partial charge in [-0.1, -0.05) is 71.1 Å². The van der Waals surface area contributed by atoms with Crippen molar-refractivity contribution in [1.29, 1.82) is 0 Å². The number of benzene rings is 2. The number of hydrogen-bond acceptors (Lipinski definition) is 6. The summed E-state index contributed by atoms with van der Waals surface area (Å²) >= 11 is 2.43. The molecule has 0 spiro atoms. The van der Waals surface area contributed by atoms with E-state index < -0.39 is 0 Å². The molecule has 1 heterocycles. The number of nitrogens with one attached hydrogen (secondary N) is 2. The Morgan fingerprint density at radius 3 is 2.52 bits per heavy atom. The van der Waals surface area contributed by atoms with Crippen molar-refractivity contribution in [2.75, 3.05) is 11.1 Å². The molecule has 6 nitrogen and oxygen atoms in total. The molecule has 0 bridgehead atoms. The first-order valence-corrected chi connectivity index (χ1v) is 10.1. The smallest absolute Gasteiger partial charge is 0.286 e. The largest absolute Gasteiger partial charge is 0.351 e. The summed E-state index contributed by atoms with van der Waals surface area (Å²) in [6.45, 7) is 2.47. The zero-order valence-corrected chi connectivity index (χ0v) is 16.3. The Morgan fingerprint density at radius 1 is 1.04 bits per heavy atom. The second kappa shape index (κ2) is 9.29. The predicted molar refractivity (Wildman–Crippen MR) is 108 cm³/mol. The van der Waals surface area contributed by atoms with Crippen molar-refractivity contribution < 1.29 is 9.59 Å². The third kappa shape index (κ3) is 5.90. The summed E-state index contributed by atoms with van der Waals surface area (Å²) in [5, 5.41) is 13.8. The van der Waals surface area contributed by atoms with Crippen LogP contribution in [0.1, 0.15) is 20.9 Å². The van der Waals surface area contributed by atoms with Gasteiger partial charge < -0.3 is 10.6 Å². The van der Waals surface area contributed by atoms with Gasteiger partial charge in [0, 0.05) is 12.2 Å². The van der Waals surface area contributed by atoms with Crippen LogP contribution in [0.25, 0.3) is 0 Å². The summed E-state index contributed by atoms with van der Waals surface area (Å²) in [5.74, 6) is -0.178. The molecule has 27 heavy (non-hydrogen) atoms. The average molecular weight is 399 g/mol. The van der Waals surface area contributed by atoms with E-state index in [0.29, 0.717) is 16.6 Å². The van der Waals surface area contributed by atoms with Gasteiger partial charge in [0.15, 0.2) is 4.34 Å². The minimum absolute atomic E-state index is 0.0929. The highest BCUT2D eigenvalue weighted by Crippen LogP contribution is 2.23. The number of amides is 2. The van der Waals surface area contributed by atoms with Crippen LogP contribution in [0.2, 0.25) is 0 Å². The zero-order chi connectivity index (χ0) is 19.1. The van der Waals surface area contributed by atoms with Crippen LogP contribution in [0.5, 0.6) is 0 Å². The van der Waals surface area contributed by atoms with Crippen LogP contribution in [0.4, 0.5) is 5.69 Å². The fourth-order valence-electron chi connectivity index (χ4n) is 2.16. The van der Waals surface area contributed by atoms with E-state index in [4.69, 9.17) is 0 Å². The van der Waals surface area contributed by atoms with E-state index in [1.54, 1.807) is 0 Å². The normalized spacial score (nSPS) is 10.4. The summed E-state index contributed by atoms with van der Waals surface area (Å²) in [7, 11) is 0. The number of thioether (sulfide) groups is 1. The van der Waals surface area contributed by atoms with Crippen LogP contribution >= 0.6 is 23.1 Å². The molecular weight excluding hydrogens is 380 g/mol. The van der Waals surface area contributed by atoms with Crippen LogP contribution in [0.3, 0.4) is 0 Å². The van der Waals surface area contributed by atoms with Crippen molar-refractivity contribution in [3.63, 3.8) is 0 Å². The van der Waals surface area contributed by atoms with Gasteiger partial charge in [0.25, 0.3) is 5.91 Å². The zero-order valence-electron chi connectivity index (χ0n) is 14.6. The molecule has 2 amide bonds. The summed E-state index contributed by atoms with van der Waals surface area (Å²) in [5.41, 5.74) is 2.87. The molecule has 0 saturated heterocycles. The highest BCUT2D eigenvalue weighted by Gasteiger charge is 2.14. The molecule has 3 rings (SSSR count). The minimum Gasteiger partial charge on any atom is -0.351 e. The molecule has 0 radical (unpaired) electrons. The lowest BCUT2D eigenvalue weighted by molar-refractivity contribution is -0.118. The highest BCUT2D eigenvalue weighted by molar-refractivity contribution is 8.01. The number of aromatic nitrogens is 2. The number of nitrogens with zero attached hydrogens (tertiary/aromatic N) is 2. The van der Waals surface area contributed by atoms with E-state index in [1.807, 2.05) is 61.5 Å². The predicted octanol–water partition coefficient (Wildman–Crippen LogP) is 3.51. The SMILES string of the molecule is Cc1ccc(NC(=O)c2nnc(SCC(=O)NCc3ccccc3)s2)cc1. The summed E-state index contributed by atoms with van der Waals surface area (Å²) < 4.78 is 0.582. The quantitative estimate of drug-likeness (QED) is 0.595. The number of carbonyl (C=O) groups is 2. The van der Waals surface area contributed by atoms with Crippen molar-refractivity contribution in [2.45, 2.75) is 17.8 Å². The van der Waals surface area contributed by atoms with Gasteiger partial charge in [0.2, 0.25) is 10.9 Å².